The Balaban J connectivity index is 2.56. The van der Waals surface area contributed by atoms with Crippen LogP contribution >= 0.6 is 0 Å². The number of carbonyl (C=O) groups is 1. The maximum atomic E-state index is 11.2. The van der Waals surface area contributed by atoms with Gasteiger partial charge in [0.1, 0.15) is 17.1 Å². The molecule has 0 aromatic heterocycles. The molecule has 0 amide bonds. The molecule has 0 saturated heterocycles. The number of aromatic carboxylic acids is 1. The van der Waals surface area contributed by atoms with Gasteiger partial charge < -0.3 is 19.5 Å². The molecule has 1 aliphatic rings. The Morgan fingerprint density at radius 1 is 1.59 bits per heavy atom. The minimum absolute atomic E-state index is 0.0315. The molecule has 0 fully saturated rings. The van der Waals surface area contributed by atoms with E-state index in [4.69, 9.17) is 14.5 Å². The van der Waals surface area contributed by atoms with Crippen LogP contribution in [0.4, 0.5) is 0 Å². The first-order valence-electron chi connectivity index (χ1n) is 5.32. The lowest BCUT2D eigenvalue weighted by Crippen LogP contribution is -2.33. The molecule has 5 nitrogen and oxygen atoms in total. The molecule has 0 saturated carbocycles. The zero-order valence-corrected chi connectivity index (χ0v) is 9.64. The van der Waals surface area contributed by atoms with Crippen molar-refractivity contribution in [2.75, 3.05) is 7.11 Å². The van der Waals surface area contributed by atoms with E-state index in [1.165, 1.54) is 7.11 Å². The van der Waals surface area contributed by atoms with Crippen molar-refractivity contribution in [3.05, 3.63) is 23.3 Å². The van der Waals surface area contributed by atoms with Gasteiger partial charge in [0, 0.05) is 5.82 Å². The van der Waals surface area contributed by atoms with Crippen LogP contribution in [0.1, 0.15) is 22.8 Å². The van der Waals surface area contributed by atoms with Gasteiger partial charge >= 0.3 is 13.1 Å². The van der Waals surface area contributed by atoms with Crippen LogP contribution in [0.3, 0.4) is 0 Å². The number of rotatable bonds is 2. The summed E-state index contributed by atoms with van der Waals surface area (Å²) >= 11 is 0. The van der Waals surface area contributed by atoms with Gasteiger partial charge in [-0.05, 0) is 18.1 Å². The number of hydrogen-bond acceptors (Lipinski definition) is 4. The molecule has 1 aromatic rings. The molecule has 0 spiro atoms. The lowest BCUT2D eigenvalue weighted by molar-refractivity contribution is 0.0690. The first-order chi connectivity index (χ1) is 8.04. The van der Waals surface area contributed by atoms with E-state index in [1.54, 1.807) is 12.1 Å². The van der Waals surface area contributed by atoms with E-state index < -0.39 is 13.1 Å². The smallest absolute Gasteiger partial charge is 0.525 e. The van der Waals surface area contributed by atoms with Gasteiger partial charge in [-0.1, -0.05) is 13.0 Å². The Morgan fingerprint density at radius 3 is 2.88 bits per heavy atom. The molecule has 2 rings (SSSR count). The van der Waals surface area contributed by atoms with Gasteiger partial charge in [-0.25, -0.2) is 4.79 Å². The number of ether oxygens (including phenoxy) is 1. The first kappa shape index (κ1) is 11.8. The van der Waals surface area contributed by atoms with Crippen molar-refractivity contribution in [3.8, 4) is 11.5 Å². The molecule has 6 heteroatoms. The zero-order valence-electron chi connectivity index (χ0n) is 9.64. The second-order valence-electron chi connectivity index (χ2n) is 4.13. The second-order valence-corrected chi connectivity index (χ2v) is 4.13. The summed E-state index contributed by atoms with van der Waals surface area (Å²) in [6.45, 7) is 1.85. The van der Waals surface area contributed by atoms with Crippen molar-refractivity contribution in [2.24, 2.45) is 0 Å². The lowest BCUT2D eigenvalue weighted by Gasteiger charge is -2.26. The van der Waals surface area contributed by atoms with E-state index in [9.17, 15) is 9.82 Å². The molecular weight excluding hydrogens is 223 g/mol. The van der Waals surface area contributed by atoms with Crippen molar-refractivity contribution in [1.82, 2.24) is 0 Å². The summed E-state index contributed by atoms with van der Waals surface area (Å²) in [6.07, 6.45) is 0.584. The van der Waals surface area contributed by atoms with Crippen LogP contribution in [0.5, 0.6) is 11.5 Å². The van der Waals surface area contributed by atoms with Crippen molar-refractivity contribution < 1.29 is 24.3 Å². The van der Waals surface area contributed by atoms with Crippen molar-refractivity contribution in [2.45, 2.75) is 19.2 Å². The standard InChI is InChI=1S/C11H13BO5/c1-6-5-7-3-4-8(16-2)9(11(13)14)10(7)17-12(6)15/h3-4,6,15H,5H2,1-2H3,(H,13,14). The fourth-order valence-electron chi connectivity index (χ4n) is 1.96. The molecule has 1 unspecified atom stereocenters. The molecule has 1 heterocycles. The Bertz CT molecular complexity index is 459. The molecule has 17 heavy (non-hydrogen) atoms. The van der Waals surface area contributed by atoms with Gasteiger partial charge in [0.2, 0.25) is 0 Å². The van der Waals surface area contributed by atoms with Crippen molar-refractivity contribution >= 4 is 13.1 Å². The lowest BCUT2D eigenvalue weighted by atomic mass is 9.68. The van der Waals surface area contributed by atoms with E-state index in [0.29, 0.717) is 6.42 Å². The number of methoxy groups -OCH3 is 1. The SMILES string of the molecule is COc1ccc2c(c1C(=O)O)OB(O)C(C)C2. The van der Waals surface area contributed by atoms with E-state index in [-0.39, 0.29) is 22.9 Å². The van der Waals surface area contributed by atoms with E-state index in [2.05, 4.69) is 0 Å². The highest BCUT2D eigenvalue weighted by Gasteiger charge is 2.35. The highest BCUT2D eigenvalue weighted by atomic mass is 16.5. The molecule has 2 N–H and O–H groups in total. The van der Waals surface area contributed by atoms with Crippen molar-refractivity contribution in [1.29, 1.82) is 0 Å². The highest BCUT2D eigenvalue weighted by Crippen LogP contribution is 2.38. The fourth-order valence-corrected chi connectivity index (χ4v) is 1.96. The molecule has 0 radical (unpaired) electrons. The third-order valence-electron chi connectivity index (χ3n) is 2.90. The summed E-state index contributed by atoms with van der Waals surface area (Å²) in [5.41, 5.74) is 0.747. The van der Waals surface area contributed by atoms with Gasteiger partial charge in [0.15, 0.2) is 0 Å². The average molecular weight is 236 g/mol. The van der Waals surface area contributed by atoms with Crippen LogP contribution in [0, 0.1) is 0 Å². The summed E-state index contributed by atoms with van der Waals surface area (Å²) in [7, 11) is 0.420. The van der Waals surface area contributed by atoms with Gasteiger partial charge in [-0.2, -0.15) is 0 Å². The molecule has 0 bridgehead atoms. The van der Waals surface area contributed by atoms with Gasteiger partial charge in [0.25, 0.3) is 0 Å². The van der Waals surface area contributed by atoms with Gasteiger partial charge in [0.05, 0.1) is 7.11 Å². The predicted octanol–water partition coefficient (Wildman–Crippen LogP) is 1.20. The summed E-state index contributed by atoms with van der Waals surface area (Å²) in [5, 5.41) is 18.8. The molecule has 1 aromatic carbocycles. The third kappa shape index (κ3) is 1.96. The Morgan fingerprint density at radius 2 is 2.29 bits per heavy atom. The maximum absolute atomic E-state index is 11.2. The number of fused-ring (bicyclic) bond motifs is 1. The third-order valence-corrected chi connectivity index (χ3v) is 2.90. The maximum Gasteiger partial charge on any atom is 0.525 e. The minimum atomic E-state index is -1.12. The topological polar surface area (TPSA) is 76.0 Å². The molecule has 1 aliphatic heterocycles. The van der Waals surface area contributed by atoms with E-state index in [0.717, 1.165) is 5.56 Å². The largest absolute Gasteiger partial charge is 0.535 e. The van der Waals surface area contributed by atoms with E-state index >= 15 is 0 Å². The van der Waals surface area contributed by atoms with Gasteiger partial charge in [-0.3, -0.25) is 0 Å². The normalized spacial score (nSPS) is 18.3. The van der Waals surface area contributed by atoms with Crippen LogP contribution in [0.15, 0.2) is 12.1 Å². The highest BCUT2D eigenvalue weighted by molar-refractivity contribution is 6.46. The first-order valence-corrected chi connectivity index (χ1v) is 5.32. The van der Waals surface area contributed by atoms with Crippen LogP contribution in [-0.2, 0) is 6.42 Å². The monoisotopic (exact) mass is 236 g/mol. The quantitative estimate of drug-likeness (QED) is 0.754. The summed E-state index contributed by atoms with van der Waals surface area (Å²) in [4.78, 5) is 11.2. The Labute approximate surface area is 99.1 Å². The second kappa shape index (κ2) is 4.29. The Hall–Kier alpha value is -1.69. The summed E-state index contributed by atoms with van der Waals surface area (Å²) in [5.74, 6) is -0.738. The van der Waals surface area contributed by atoms with Gasteiger partial charge in [-0.15, -0.1) is 0 Å². The average Bonchev–Trinajstić information content (AvgIpc) is 2.29. The molecule has 0 aliphatic carbocycles. The van der Waals surface area contributed by atoms with E-state index in [1.807, 2.05) is 6.92 Å². The number of carboxylic acid groups (broad SMARTS) is 1. The molecule has 90 valence electrons. The van der Waals surface area contributed by atoms with Crippen LogP contribution in [-0.4, -0.2) is 30.3 Å². The molecular formula is C11H13BO5. The number of carboxylic acids is 1. The zero-order chi connectivity index (χ0) is 12.6. The summed E-state index contributed by atoms with van der Waals surface area (Å²) < 4.78 is 10.3. The molecule has 1 atom stereocenters. The predicted molar refractivity (Wildman–Crippen MR) is 61.7 cm³/mol. The fraction of sp³-hybridized carbons (Fsp3) is 0.364. The van der Waals surface area contributed by atoms with Crippen LogP contribution < -0.4 is 9.39 Å². The Kier molecular flexibility index (Phi) is 2.98. The van der Waals surface area contributed by atoms with Crippen molar-refractivity contribution in [3.63, 3.8) is 0 Å². The minimum Gasteiger partial charge on any atom is -0.535 e. The number of hydrogen-bond donors (Lipinski definition) is 2. The van der Waals surface area contributed by atoms with Crippen LogP contribution in [0.25, 0.3) is 0 Å². The van der Waals surface area contributed by atoms with Crippen LogP contribution in [0.2, 0.25) is 5.82 Å². The summed E-state index contributed by atoms with van der Waals surface area (Å²) in [6, 6.07) is 3.37. The number of benzene rings is 1.